The third-order valence-electron chi connectivity index (χ3n) is 3.70. The summed E-state index contributed by atoms with van der Waals surface area (Å²) >= 11 is 0. The highest BCUT2D eigenvalue weighted by Gasteiger charge is 2.07. The van der Waals surface area contributed by atoms with Crippen LogP contribution in [0.25, 0.3) is 0 Å². The van der Waals surface area contributed by atoms with Crippen LogP contribution < -0.4 is 0 Å². The van der Waals surface area contributed by atoms with E-state index in [2.05, 4.69) is 13.8 Å². The maximum atomic E-state index is 10.4. The van der Waals surface area contributed by atoms with Crippen molar-refractivity contribution in [3.8, 4) is 0 Å². The highest BCUT2D eigenvalue weighted by molar-refractivity contribution is 5.66. The fourth-order valence-electron chi connectivity index (χ4n) is 2.51. The predicted molar refractivity (Wildman–Crippen MR) is 84.1 cm³/mol. The second-order valence-electron chi connectivity index (χ2n) is 5.63. The third-order valence-corrected chi connectivity index (χ3v) is 3.70. The van der Waals surface area contributed by atoms with E-state index in [1.165, 1.54) is 57.8 Å². The molecule has 0 spiro atoms. The van der Waals surface area contributed by atoms with E-state index in [9.17, 15) is 4.79 Å². The molecule has 3 heteroatoms. The lowest BCUT2D eigenvalue weighted by atomic mass is 10.0. The van der Waals surface area contributed by atoms with Gasteiger partial charge in [-0.3, -0.25) is 4.79 Å². The van der Waals surface area contributed by atoms with Crippen LogP contribution in [-0.2, 0) is 9.53 Å². The molecule has 0 aliphatic heterocycles. The smallest absolute Gasteiger partial charge is 0.303 e. The van der Waals surface area contributed by atoms with Crippen LogP contribution in [-0.4, -0.2) is 23.8 Å². The number of unbranched alkanes of at least 4 members (excludes halogenated alkanes) is 7. The average Bonchev–Trinajstić information content (AvgIpc) is 2.42. The van der Waals surface area contributed by atoms with E-state index < -0.39 is 5.97 Å². The van der Waals surface area contributed by atoms with Crippen molar-refractivity contribution in [1.29, 1.82) is 0 Å². The van der Waals surface area contributed by atoms with Crippen LogP contribution in [0.3, 0.4) is 0 Å². The highest BCUT2D eigenvalue weighted by Crippen LogP contribution is 2.15. The molecule has 0 amide bonds. The van der Waals surface area contributed by atoms with Crippen LogP contribution in [0, 0.1) is 0 Å². The Morgan fingerprint density at radius 1 is 0.900 bits per heavy atom. The standard InChI is InChI=1S/C17H34O3/c1-3-5-13-16(20-4-2)14-11-9-7-6-8-10-12-15-17(18)19/h16H,3-15H2,1-2H3,(H,18,19). The van der Waals surface area contributed by atoms with E-state index in [-0.39, 0.29) is 0 Å². The Morgan fingerprint density at radius 3 is 2.00 bits per heavy atom. The Hall–Kier alpha value is -0.570. The molecular weight excluding hydrogens is 252 g/mol. The molecule has 20 heavy (non-hydrogen) atoms. The molecule has 1 N–H and O–H groups in total. The number of carbonyl (C=O) groups is 1. The van der Waals surface area contributed by atoms with Crippen LogP contribution >= 0.6 is 0 Å². The first-order chi connectivity index (χ1) is 9.70. The van der Waals surface area contributed by atoms with Crippen LogP contribution in [0.4, 0.5) is 0 Å². The molecule has 0 aromatic carbocycles. The van der Waals surface area contributed by atoms with Gasteiger partial charge < -0.3 is 9.84 Å². The number of carboxylic acid groups (broad SMARTS) is 1. The number of aliphatic carboxylic acids is 1. The van der Waals surface area contributed by atoms with Crippen LogP contribution in [0.5, 0.6) is 0 Å². The second-order valence-corrected chi connectivity index (χ2v) is 5.63. The largest absolute Gasteiger partial charge is 0.481 e. The monoisotopic (exact) mass is 286 g/mol. The highest BCUT2D eigenvalue weighted by atomic mass is 16.5. The van der Waals surface area contributed by atoms with E-state index in [0.29, 0.717) is 12.5 Å². The van der Waals surface area contributed by atoms with Crippen molar-refractivity contribution in [1.82, 2.24) is 0 Å². The molecule has 0 bridgehead atoms. The molecule has 0 heterocycles. The molecule has 120 valence electrons. The fourth-order valence-corrected chi connectivity index (χ4v) is 2.51. The quantitative estimate of drug-likeness (QED) is 0.422. The first-order valence-electron chi connectivity index (χ1n) is 8.54. The van der Waals surface area contributed by atoms with Crippen molar-refractivity contribution in [2.24, 2.45) is 0 Å². The van der Waals surface area contributed by atoms with E-state index in [1.807, 2.05) is 0 Å². The van der Waals surface area contributed by atoms with Gasteiger partial charge in [-0.05, 0) is 26.2 Å². The Bertz CT molecular complexity index is 216. The lowest BCUT2D eigenvalue weighted by Crippen LogP contribution is -2.12. The lowest BCUT2D eigenvalue weighted by Gasteiger charge is -2.16. The number of carboxylic acids is 1. The zero-order chi connectivity index (χ0) is 15.1. The van der Waals surface area contributed by atoms with Gasteiger partial charge in [-0.2, -0.15) is 0 Å². The summed E-state index contributed by atoms with van der Waals surface area (Å²) < 4.78 is 5.77. The van der Waals surface area contributed by atoms with Crippen molar-refractivity contribution in [3.63, 3.8) is 0 Å². The Labute approximate surface area is 125 Å². The molecule has 0 aromatic rings. The molecule has 0 saturated carbocycles. The van der Waals surface area contributed by atoms with Gasteiger partial charge in [-0.1, -0.05) is 58.3 Å². The second kappa shape index (κ2) is 14.8. The number of rotatable bonds is 15. The van der Waals surface area contributed by atoms with E-state index in [1.54, 1.807) is 0 Å². The minimum absolute atomic E-state index is 0.327. The average molecular weight is 286 g/mol. The van der Waals surface area contributed by atoms with Gasteiger partial charge in [-0.15, -0.1) is 0 Å². The zero-order valence-electron chi connectivity index (χ0n) is 13.5. The van der Waals surface area contributed by atoms with Gasteiger partial charge in [0.05, 0.1) is 6.10 Å². The summed E-state index contributed by atoms with van der Waals surface area (Å²) in [6.45, 7) is 5.14. The summed E-state index contributed by atoms with van der Waals surface area (Å²) in [4.78, 5) is 10.4. The molecule has 0 aliphatic carbocycles. The Balaban J connectivity index is 3.33. The molecular formula is C17H34O3. The number of hydrogen-bond acceptors (Lipinski definition) is 2. The maximum Gasteiger partial charge on any atom is 0.303 e. The van der Waals surface area contributed by atoms with Gasteiger partial charge in [0.2, 0.25) is 0 Å². The van der Waals surface area contributed by atoms with Crippen LogP contribution in [0.1, 0.15) is 90.9 Å². The number of hydrogen-bond donors (Lipinski definition) is 1. The first-order valence-corrected chi connectivity index (χ1v) is 8.54. The zero-order valence-corrected chi connectivity index (χ0v) is 13.5. The fraction of sp³-hybridized carbons (Fsp3) is 0.941. The maximum absolute atomic E-state index is 10.4. The SMILES string of the molecule is CCCCC(CCCCCCCCCC(=O)O)OCC. The number of ether oxygens (including phenoxy) is 1. The van der Waals surface area contributed by atoms with Gasteiger partial charge in [0.25, 0.3) is 0 Å². The van der Waals surface area contributed by atoms with E-state index in [0.717, 1.165) is 19.4 Å². The van der Waals surface area contributed by atoms with Crippen LogP contribution in [0.15, 0.2) is 0 Å². The lowest BCUT2D eigenvalue weighted by molar-refractivity contribution is -0.137. The summed E-state index contributed by atoms with van der Waals surface area (Å²) in [5, 5.41) is 8.53. The van der Waals surface area contributed by atoms with Gasteiger partial charge in [0, 0.05) is 13.0 Å². The molecule has 0 rings (SSSR count). The minimum atomic E-state index is -0.668. The van der Waals surface area contributed by atoms with Crippen molar-refractivity contribution in [2.75, 3.05) is 6.61 Å². The normalized spacial score (nSPS) is 12.5. The summed E-state index contributed by atoms with van der Waals surface area (Å²) in [6, 6.07) is 0. The molecule has 3 nitrogen and oxygen atoms in total. The Morgan fingerprint density at radius 2 is 1.45 bits per heavy atom. The third kappa shape index (κ3) is 13.9. The van der Waals surface area contributed by atoms with Crippen molar-refractivity contribution in [3.05, 3.63) is 0 Å². The predicted octanol–water partition coefficient (Wildman–Crippen LogP) is 5.18. The van der Waals surface area contributed by atoms with Crippen LogP contribution in [0.2, 0.25) is 0 Å². The van der Waals surface area contributed by atoms with Crippen molar-refractivity contribution < 1.29 is 14.6 Å². The molecule has 1 unspecified atom stereocenters. The van der Waals surface area contributed by atoms with Crippen molar-refractivity contribution in [2.45, 2.75) is 97.0 Å². The van der Waals surface area contributed by atoms with Crippen molar-refractivity contribution >= 4 is 5.97 Å². The summed E-state index contributed by atoms with van der Waals surface area (Å²) in [7, 11) is 0. The summed E-state index contributed by atoms with van der Waals surface area (Å²) in [5.41, 5.74) is 0. The molecule has 0 radical (unpaired) electrons. The van der Waals surface area contributed by atoms with Gasteiger partial charge in [0.1, 0.15) is 0 Å². The molecule has 0 saturated heterocycles. The Kier molecular flexibility index (Phi) is 14.4. The van der Waals surface area contributed by atoms with Gasteiger partial charge >= 0.3 is 5.97 Å². The van der Waals surface area contributed by atoms with E-state index in [4.69, 9.17) is 9.84 Å². The topological polar surface area (TPSA) is 46.5 Å². The van der Waals surface area contributed by atoms with Gasteiger partial charge in [-0.25, -0.2) is 0 Å². The van der Waals surface area contributed by atoms with E-state index >= 15 is 0 Å². The minimum Gasteiger partial charge on any atom is -0.481 e. The first kappa shape index (κ1) is 19.4. The molecule has 1 atom stereocenters. The molecule has 0 fully saturated rings. The molecule has 0 aromatic heterocycles. The van der Waals surface area contributed by atoms with Gasteiger partial charge in [0.15, 0.2) is 0 Å². The molecule has 0 aliphatic rings. The summed E-state index contributed by atoms with van der Waals surface area (Å²) in [6.07, 6.45) is 13.9. The summed E-state index contributed by atoms with van der Waals surface area (Å²) in [5.74, 6) is -0.668.